The molecule has 1 N–H and O–H groups in total. The lowest BCUT2D eigenvalue weighted by Gasteiger charge is -2.21. The van der Waals surface area contributed by atoms with Crippen LogP contribution >= 0.6 is 0 Å². The smallest absolute Gasteiger partial charge is 0.255 e. The molecule has 1 amide bonds. The fourth-order valence-electron chi connectivity index (χ4n) is 1.79. The minimum atomic E-state index is -3.47. The summed E-state index contributed by atoms with van der Waals surface area (Å²) in [6.45, 7) is 5.27. The Bertz CT molecular complexity index is 581. The Hall–Kier alpha value is -1.66. The fourth-order valence-corrected chi connectivity index (χ4v) is 2.88. The number of aliphatic hydroxyl groups is 1. The summed E-state index contributed by atoms with van der Waals surface area (Å²) >= 11 is 0. The molecule has 5 nitrogen and oxygen atoms in total. The molecule has 20 heavy (non-hydrogen) atoms. The highest BCUT2D eigenvalue weighted by atomic mass is 32.2. The SMILES string of the molecule is C=CCN(CCO)C(=O)c1ccccc1S(=O)(=O)CC. The van der Waals surface area contributed by atoms with E-state index in [4.69, 9.17) is 5.11 Å². The number of sulfone groups is 1. The van der Waals surface area contributed by atoms with Gasteiger partial charge in [-0.15, -0.1) is 6.58 Å². The van der Waals surface area contributed by atoms with E-state index in [9.17, 15) is 13.2 Å². The highest BCUT2D eigenvalue weighted by Gasteiger charge is 2.23. The molecule has 0 unspecified atom stereocenters. The van der Waals surface area contributed by atoms with E-state index in [1.54, 1.807) is 12.1 Å². The molecule has 0 aliphatic carbocycles. The molecule has 0 saturated carbocycles. The van der Waals surface area contributed by atoms with Gasteiger partial charge in [-0.1, -0.05) is 25.1 Å². The molecule has 0 aromatic heterocycles. The summed E-state index contributed by atoms with van der Waals surface area (Å²) in [6, 6.07) is 6.12. The third-order valence-corrected chi connectivity index (χ3v) is 4.63. The summed E-state index contributed by atoms with van der Waals surface area (Å²) in [5.41, 5.74) is 0.129. The number of carbonyl (C=O) groups is 1. The van der Waals surface area contributed by atoms with E-state index in [1.807, 2.05) is 0 Å². The van der Waals surface area contributed by atoms with E-state index in [-0.39, 0.29) is 35.9 Å². The molecule has 0 heterocycles. The molecule has 110 valence electrons. The molecule has 0 aliphatic rings. The van der Waals surface area contributed by atoms with Gasteiger partial charge in [0.25, 0.3) is 5.91 Å². The molecule has 0 radical (unpaired) electrons. The van der Waals surface area contributed by atoms with Crippen molar-refractivity contribution in [2.75, 3.05) is 25.4 Å². The number of carbonyl (C=O) groups excluding carboxylic acids is 1. The van der Waals surface area contributed by atoms with Crippen LogP contribution in [0.15, 0.2) is 41.8 Å². The zero-order chi connectivity index (χ0) is 15.2. The van der Waals surface area contributed by atoms with Gasteiger partial charge in [-0.05, 0) is 12.1 Å². The van der Waals surface area contributed by atoms with Gasteiger partial charge in [0.05, 0.1) is 22.8 Å². The molecule has 1 aromatic carbocycles. The van der Waals surface area contributed by atoms with E-state index in [0.717, 1.165) is 0 Å². The first-order valence-electron chi connectivity index (χ1n) is 6.30. The largest absolute Gasteiger partial charge is 0.395 e. The quantitative estimate of drug-likeness (QED) is 0.765. The van der Waals surface area contributed by atoms with Crippen LogP contribution in [-0.4, -0.2) is 49.8 Å². The zero-order valence-electron chi connectivity index (χ0n) is 11.4. The third kappa shape index (κ3) is 3.68. The number of hydrogen-bond donors (Lipinski definition) is 1. The molecule has 0 fully saturated rings. The van der Waals surface area contributed by atoms with E-state index >= 15 is 0 Å². The molecule has 0 spiro atoms. The first-order valence-corrected chi connectivity index (χ1v) is 7.96. The van der Waals surface area contributed by atoms with Gasteiger partial charge in [0.1, 0.15) is 0 Å². The predicted molar refractivity (Wildman–Crippen MR) is 77.4 cm³/mol. The van der Waals surface area contributed by atoms with Gasteiger partial charge < -0.3 is 10.0 Å². The van der Waals surface area contributed by atoms with Crippen LogP contribution in [0.25, 0.3) is 0 Å². The highest BCUT2D eigenvalue weighted by molar-refractivity contribution is 7.91. The monoisotopic (exact) mass is 297 g/mol. The second-order valence-corrected chi connectivity index (χ2v) is 6.41. The van der Waals surface area contributed by atoms with Crippen molar-refractivity contribution in [1.82, 2.24) is 4.90 Å². The van der Waals surface area contributed by atoms with Crippen molar-refractivity contribution in [2.45, 2.75) is 11.8 Å². The van der Waals surface area contributed by atoms with Gasteiger partial charge in [0.2, 0.25) is 0 Å². The Balaban J connectivity index is 3.25. The van der Waals surface area contributed by atoms with Crippen LogP contribution in [0.2, 0.25) is 0 Å². The average molecular weight is 297 g/mol. The second kappa shape index (κ2) is 7.21. The van der Waals surface area contributed by atoms with E-state index in [2.05, 4.69) is 6.58 Å². The van der Waals surface area contributed by atoms with Gasteiger partial charge in [0.15, 0.2) is 9.84 Å². The molecule has 0 bridgehead atoms. The van der Waals surface area contributed by atoms with Crippen LogP contribution in [0.4, 0.5) is 0 Å². The summed E-state index contributed by atoms with van der Waals surface area (Å²) in [6.07, 6.45) is 1.53. The molecule has 0 aliphatic heterocycles. The lowest BCUT2D eigenvalue weighted by atomic mass is 10.2. The highest BCUT2D eigenvalue weighted by Crippen LogP contribution is 2.18. The molecule has 1 rings (SSSR count). The number of hydrogen-bond acceptors (Lipinski definition) is 4. The lowest BCUT2D eigenvalue weighted by molar-refractivity contribution is 0.0739. The van der Waals surface area contributed by atoms with Crippen molar-refractivity contribution in [3.63, 3.8) is 0 Å². The average Bonchev–Trinajstić information content (AvgIpc) is 2.46. The van der Waals surface area contributed by atoms with Gasteiger partial charge in [-0.25, -0.2) is 8.42 Å². The second-order valence-electron chi connectivity index (χ2n) is 4.16. The lowest BCUT2D eigenvalue weighted by Crippen LogP contribution is -2.34. The molecular weight excluding hydrogens is 278 g/mol. The summed E-state index contributed by atoms with van der Waals surface area (Å²) < 4.78 is 24.0. The number of benzene rings is 1. The number of nitrogens with zero attached hydrogens (tertiary/aromatic N) is 1. The standard InChI is InChI=1S/C14H19NO4S/c1-3-9-15(10-11-16)14(17)12-7-5-6-8-13(12)20(18,19)4-2/h3,5-8,16H,1,4,9-11H2,2H3. The Morgan fingerprint density at radius 1 is 1.40 bits per heavy atom. The summed E-state index contributed by atoms with van der Waals surface area (Å²) in [5.74, 6) is -0.495. The fraction of sp³-hybridized carbons (Fsp3) is 0.357. The first-order chi connectivity index (χ1) is 9.47. The van der Waals surface area contributed by atoms with Crippen molar-refractivity contribution >= 4 is 15.7 Å². The Kier molecular flexibility index (Phi) is 5.91. The van der Waals surface area contributed by atoms with Gasteiger partial charge in [0, 0.05) is 13.1 Å². The minimum Gasteiger partial charge on any atom is -0.395 e. The van der Waals surface area contributed by atoms with E-state index in [0.29, 0.717) is 0 Å². The maximum absolute atomic E-state index is 12.4. The van der Waals surface area contributed by atoms with Crippen molar-refractivity contribution in [1.29, 1.82) is 0 Å². The van der Waals surface area contributed by atoms with Gasteiger partial charge in [-0.2, -0.15) is 0 Å². The molecule has 6 heteroatoms. The van der Waals surface area contributed by atoms with Gasteiger partial charge in [-0.3, -0.25) is 4.79 Å². The van der Waals surface area contributed by atoms with E-state index < -0.39 is 15.7 Å². The normalized spacial score (nSPS) is 11.1. The Morgan fingerprint density at radius 3 is 2.60 bits per heavy atom. The van der Waals surface area contributed by atoms with Crippen molar-refractivity contribution in [3.05, 3.63) is 42.5 Å². The van der Waals surface area contributed by atoms with Crippen LogP contribution in [0.5, 0.6) is 0 Å². The van der Waals surface area contributed by atoms with Crippen LogP contribution in [0.1, 0.15) is 17.3 Å². The number of aliphatic hydroxyl groups excluding tert-OH is 1. The zero-order valence-corrected chi connectivity index (χ0v) is 12.3. The number of rotatable bonds is 7. The summed E-state index contributed by atoms with van der Waals surface area (Å²) in [7, 11) is -3.47. The minimum absolute atomic E-state index is 0.0273. The van der Waals surface area contributed by atoms with Crippen LogP contribution < -0.4 is 0 Å². The maximum atomic E-state index is 12.4. The van der Waals surface area contributed by atoms with Gasteiger partial charge >= 0.3 is 0 Å². The first kappa shape index (κ1) is 16.4. The number of amides is 1. The van der Waals surface area contributed by atoms with Crippen molar-refractivity contribution in [3.8, 4) is 0 Å². The summed E-state index contributed by atoms with van der Waals surface area (Å²) in [5, 5.41) is 8.99. The Morgan fingerprint density at radius 2 is 2.05 bits per heavy atom. The predicted octanol–water partition coefficient (Wildman–Crippen LogP) is 1.10. The molecule has 0 atom stereocenters. The Labute approximate surface area is 119 Å². The topological polar surface area (TPSA) is 74.7 Å². The van der Waals surface area contributed by atoms with Crippen LogP contribution in [-0.2, 0) is 9.84 Å². The summed E-state index contributed by atoms with van der Waals surface area (Å²) in [4.78, 5) is 13.8. The molecule has 1 aromatic rings. The van der Waals surface area contributed by atoms with Crippen molar-refractivity contribution in [2.24, 2.45) is 0 Å². The van der Waals surface area contributed by atoms with Crippen LogP contribution in [0, 0.1) is 0 Å². The molecule has 0 saturated heterocycles. The van der Waals surface area contributed by atoms with E-state index in [1.165, 1.54) is 30.0 Å². The maximum Gasteiger partial charge on any atom is 0.255 e. The van der Waals surface area contributed by atoms with Crippen molar-refractivity contribution < 1.29 is 18.3 Å². The van der Waals surface area contributed by atoms with Crippen LogP contribution in [0.3, 0.4) is 0 Å². The third-order valence-electron chi connectivity index (χ3n) is 2.84. The molecular formula is C14H19NO4S.